The Kier molecular flexibility index (Phi) is 5.61. The smallest absolute Gasteiger partial charge is 0.343 e. The molecule has 0 aromatic heterocycles. The van der Waals surface area contributed by atoms with Gasteiger partial charge in [0.1, 0.15) is 11.5 Å². The van der Waals surface area contributed by atoms with E-state index in [1.165, 1.54) is 6.07 Å². The molecule has 0 unspecified atom stereocenters. The number of rotatable bonds is 5. The molecule has 3 rings (SSSR count). The van der Waals surface area contributed by atoms with Crippen molar-refractivity contribution in [1.82, 2.24) is 0 Å². The van der Waals surface area contributed by atoms with Crippen molar-refractivity contribution in [2.75, 3.05) is 7.11 Å². The summed E-state index contributed by atoms with van der Waals surface area (Å²) in [5.41, 5.74) is 2.22. The molecule has 0 radical (unpaired) electrons. The van der Waals surface area contributed by atoms with Crippen LogP contribution >= 0.6 is 0 Å². The number of hydrogen-bond acceptors (Lipinski definition) is 3. The maximum atomic E-state index is 13.2. The summed E-state index contributed by atoms with van der Waals surface area (Å²) < 4.78 is 36.2. The topological polar surface area (TPSA) is 35.5 Å². The van der Waals surface area contributed by atoms with Gasteiger partial charge in [-0.3, -0.25) is 0 Å². The molecule has 5 heteroatoms. The molecule has 3 nitrogen and oxygen atoms in total. The summed E-state index contributed by atoms with van der Waals surface area (Å²) in [6.07, 6.45) is 3.85. The van der Waals surface area contributed by atoms with Crippen molar-refractivity contribution in [3.05, 3.63) is 95.1 Å². The molecule has 0 N–H and O–H groups in total. The van der Waals surface area contributed by atoms with Crippen molar-refractivity contribution in [1.29, 1.82) is 0 Å². The Morgan fingerprint density at radius 3 is 1.89 bits per heavy atom. The van der Waals surface area contributed by atoms with E-state index in [0.29, 0.717) is 5.56 Å². The molecule has 0 atom stereocenters. The number of carbonyl (C=O) groups is 1. The van der Waals surface area contributed by atoms with Gasteiger partial charge in [-0.25, -0.2) is 13.6 Å². The van der Waals surface area contributed by atoms with Crippen LogP contribution in [0.1, 0.15) is 21.5 Å². The zero-order chi connectivity index (χ0) is 19.2. The minimum atomic E-state index is -1.07. The van der Waals surface area contributed by atoms with Crippen LogP contribution in [0.3, 0.4) is 0 Å². The molecule has 0 amide bonds. The average molecular weight is 366 g/mol. The SMILES string of the molecule is COc1ccc(C=Cc2ccc(C(=O)Oc3ccc(F)c(F)c3)cc2)cc1. The van der Waals surface area contributed by atoms with Gasteiger partial charge in [-0.2, -0.15) is 0 Å². The molecule has 0 aliphatic carbocycles. The molecule has 3 aromatic rings. The van der Waals surface area contributed by atoms with Crippen LogP contribution in [0, 0.1) is 11.6 Å². The van der Waals surface area contributed by atoms with Crippen LogP contribution < -0.4 is 9.47 Å². The van der Waals surface area contributed by atoms with Gasteiger partial charge in [-0.1, -0.05) is 36.4 Å². The molecule has 0 heterocycles. The third kappa shape index (κ3) is 4.79. The Morgan fingerprint density at radius 1 is 0.778 bits per heavy atom. The number of halogens is 2. The normalized spacial score (nSPS) is 10.8. The minimum absolute atomic E-state index is 0.0534. The van der Waals surface area contributed by atoms with Gasteiger partial charge in [0.15, 0.2) is 11.6 Å². The van der Waals surface area contributed by atoms with E-state index in [1.807, 2.05) is 36.4 Å². The molecule has 0 aliphatic rings. The second kappa shape index (κ2) is 8.27. The van der Waals surface area contributed by atoms with E-state index in [4.69, 9.17) is 9.47 Å². The number of esters is 1. The van der Waals surface area contributed by atoms with Crippen molar-refractivity contribution in [3.8, 4) is 11.5 Å². The first kappa shape index (κ1) is 18.3. The lowest BCUT2D eigenvalue weighted by Crippen LogP contribution is -2.08. The standard InChI is InChI=1S/C22H16F2O3/c1-26-18-10-6-16(7-11-18)3-2-15-4-8-17(9-5-15)22(25)27-19-12-13-20(23)21(24)14-19/h2-14H,1H3. The number of benzene rings is 3. The summed E-state index contributed by atoms with van der Waals surface area (Å²) >= 11 is 0. The zero-order valence-electron chi connectivity index (χ0n) is 14.5. The lowest BCUT2D eigenvalue weighted by Gasteiger charge is -2.05. The third-order valence-corrected chi connectivity index (χ3v) is 3.83. The fourth-order valence-electron chi connectivity index (χ4n) is 2.34. The van der Waals surface area contributed by atoms with Crippen LogP contribution in [0.5, 0.6) is 11.5 Å². The quantitative estimate of drug-likeness (QED) is 0.346. The summed E-state index contributed by atoms with van der Waals surface area (Å²) in [6, 6.07) is 17.3. The summed E-state index contributed by atoms with van der Waals surface area (Å²) in [7, 11) is 1.62. The van der Waals surface area contributed by atoms with Crippen molar-refractivity contribution >= 4 is 18.1 Å². The second-order valence-electron chi connectivity index (χ2n) is 5.69. The van der Waals surface area contributed by atoms with Crippen LogP contribution in [-0.2, 0) is 0 Å². The van der Waals surface area contributed by atoms with E-state index in [9.17, 15) is 13.6 Å². The van der Waals surface area contributed by atoms with Gasteiger partial charge < -0.3 is 9.47 Å². The minimum Gasteiger partial charge on any atom is -0.497 e. The van der Waals surface area contributed by atoms with Gasteiger partial charge in [-0.15, -0.1) is 0 Å². The highest BCUT2D eigenvalue weighted by atomic mass is 19.2. The van der Waals surface area contributed by atoms with Crippen LogP contribution in [0.25, 0.3) is 12.2 Å². The maximum absolute atomic E-state index is 13.2. The van der Waals surface area contributed by atoms with Gasteiger partial charge in [0.2, 0.25) is 0 Å². The lowest BCUT2D eigenvalue weighted by molar-refractivity contribution is 0.0734. The molecule has 0 bridgehead atoms. The fourth-order valence-corrected chi connectivity index (χ4v) is 2.34. The third-order valence-electron chi connectivity index (χ3n) is 3.83. The van der Waals surface area contributed by atoms with Crippen LogP contribution in [0.2, 0.25) is 0 Å². The van der Waals surface area contributed by atoms with Gasteiger partial charge in [0, 0.05) is 6.07 Å². The Hall–Kier alpha value is -3.47. The molecule has 0 aliphatic heterocycles. The maximum Gasteiger partial charge on any atom is 0.343 e. The number of hydrogen-bond donors (Lipinski definition) is 0. The van der Waals surface area contributed by atoms with Crippen molar-refractivity contribution in [2.45, 2.75) is 0 Å². The molecule has 0 spiro atoms. The molecule has 0 saturated heterocycles. The highest BCUT2D eigenvalue weighted by Gasteiger charge is 2.10. The second-order valence-corrected chi connectivity index (χ2v) is 5.69. The van der Waals surface area contributed by atoms with Crippen molar-refractivity contribution in [3.63, 3.8) is 0 Å². The van der Waals surface area contributed by atoms with E-state index in [0.717, 1.165) is 29.0 Å². The Balaban J connectivity index is 1.65. The van der Waals surface area contributed by atoms with Gasteiger partial charge in [0.25, 0.3) is 0 Å². The molecule has 0 saturated carbocycles. The highest BCUT2D eigenvalue weighted by molar-refractivity contribution is 5.91. The average Bonchev–Trinajstić information content (AvgIpc) is 2.70. The molecule has 136 valence electrons. The lowest BCUT2D eigenvalue weighted by atomic mass is 10.1. The first-order valence-corrected chi connectivity index (χ1v) is 8.14. The van der Waals surface area contributed by atoms with Gasteiger partial charge >= 0.3 is 5.97 Å². The van der Waals surface area contributed by atoms with Crippen LogP contribution in [-0.4, -0.2) is 13.1 Å². The summed E-state index contributed by atoms with van der Waals surface area (Å²) in [5, 5.41) is 0. The Morgan fingerprint density at radius 2 is 1.33 bits per heavy atom. The molecule has 3 aromatic carbocycles. The highest BCUT2D eigenvalue weighted by Crippen LogP contribution is 2.18. The molecular formula is C22H16F2O3. The number of methoxy groups -OCH3 is 1. The first-order valence-electron chi connectivity index (χ1n) is 8.14. The monoisotopic (exact) mass is 366 g/mol. The van der Waals surface area contributed by atoms with E-state index in [2.05, 4.69) is 0 Å². The van der Waals surface area contributed by atoms with E-state index in [-0.39, 0.29) is 5.75 Å². The molecular weight excluding hydrogens is 350 g/mol. The van der Waals surface area contributed by atoms with Gasteiger partial charge in [-0.05, 0) is 47.5 Å². The first-order chi connectivity index (χ1) is 13.0. The van der Waals surface area contributed by atoms with E-state index >= 15 is 0 Å². The largest absolute Gasteiger partial charge is 0.497 e. The summed E-state index contributed by atoms with van der Waals surface area (Å²) in [4.78, 5) is 12.1. The Labute approximate surface area is 155 Å². The fraction of sp³-hybridized carbons (Fsp3) is 0.0455. The number of ether oxygens (including phenoxy) is 2. The van der Waals surface area contributed by atoms with E-state index in [1.54, 1.807) is 31.4 Å². The summed E-state index contributed by atoms with van der Waals surface area (Å²) in [5.74, 6) is -1.98. The molecule has 27 heavy (non-hydrogen) atoms. The van der Waals surface area contributed by atoms with E-state index < -0.39 is 17.6 Å². The van der Waals surface area contributed by atoms with Crippen LogP contribution in [0.15, 0.2) is 66.7 Å². The molecule has 0 fully saturated rings. The zero-order valence-corrected chi connectivity index (χ0v) is 14.5. The van der Waals surface area contributed by atoms with Crippen molar-refractivity contribution in [2.24, 2.45) is 0 Å². The predicted octanol–water partition coefficient (Wildman–Crippen LogP) is 5.36. The van der Waals surface area contributed by atoms with Crippen molar-refractivity contribution < 1.29 is 23.0 Å². The van der Waals surface area contributed by atoms with Gasteiger partial charge in [0.05, 0.1) is 12.7 Å². The van der Waals surface area contributed by atoms with Crippen LogP contribution in [0.4, 0.5) is 8.78 Å². The number of carbonyl (C=O) groups excluding carboxylic acids is 1. The summed E-state index contributed by atoms with van der Waals surface area (Å²) in [6.45, 7) is 0. The predicted molar refractivity (Wildman–Crippen MR) is 99.7 cm³/mol. The Bertz CT molecular complexity index is 962.